The predicted molar refractivity (Wildman–Crippen MR) is 84.6 cm³/mol. The Hall–Kier alpha value is -2.80. The van der Waals surface area contributed by atoms with Crippen molar-refractivity contribution in [2.45, 2.75) is 19.4 Å². The number of amides is 1. The van der Waals surface area contributed by atoms with Crippen molar-refractivity contribution in [3.05, 3.63) is 59.8 Å². The van der Waals surface area contributed by atoms with Crippen molar-refractivity contribution in [3.8, 4) is 11.8 Å². The number of rotatable bonds is 1. The van der Waals surface area contributed by atoms with Crippen molar-refractivity contribution in [2.75, 3.05) is 11.4 Å². The molecule has 4 heteroatoms. The fourth-order valence-electron chi connectivity index (χ4n) is 2.23. The molecular formula is C18H16N2O2. The number of anilines is 1. The number of benzene rings is 1. The molecule has 0 spiro atoms. The van der Waals surface area contributed by atoms with Gasteiger partial charge in [0.2, 0.25) is 0 Å². The van der Waals surface area contributed by atoms with Gasteiger partial charge in [0.05, 0.1) is 6.54 Å². The van der Waals surface area contributed by atoms with Crippen LogP contribution < -0.4 is 4.90 Å². The van der Waals surface area contributed by atoms with Crippen LogP contribution in [0.4, 0.5) is 10.6 Å². The monoisotopic (exact) mass is 292 g/mol. The van der Waals surface area contributed by atoms with Crippen molar-refractivity contribution in [2.24, 2.45) is 0 Å². The molecule has 1 amide bonds. The normalized spacial score (nSPS) is 15.9. The fourth-order valence-corrected chi connectivity index (χ4v) is 2.23. The van der Waals surface area contributed by atoms with E-state index in [-0.39, 0.29) is 6.09 Å². The largest absolute Gasteiger partial charge is 0.441 e. The maximum atomic E-state index is 11.8. The Bertz CT molecular complexity index is 740. The average Bonchev–Trinajstić information content (AvgIpc) is 2.80. The molecule has 0 saturated carbocycles. The smallest absolute Gasteiger partial charge is 0.416 e. The van der Waals surface area contributed by atoms with Gasteiger partial charge in [-0.3, -0.25) is 4.90 Å². The lowest BCUT2D eigenvalue weighted by Crippen LogP contribution is -2.28. The number of nitrogens with zero attached hydrogens (tertiary/aromatic N) is 2. The summed E-state index contributed by atoms with van der Waals surface area (Å²) in [5.41, 5.74) is 1.28. The third-order valence-electron chi connectivity index (χ3n) is 3.27. The third kappa shape index (κ3) is 3.09. The summed E-state index contributed by atoms with van der Waals surface area (Å²) in [6.45, 7) is 4.25. The zero-order chi connectivity index (χ0) is 15.6. The van der Waals surface area contributed by atoms with Gasteiger partial charge in [0.15, 0.2) is 0 Å². The molecule has 1 aliphatic heterocycles. The lowest BCUT2D eigenvalue weighted by atomic mass is 10.1. The van der Waals surface area contributed by atoms with E-state index in [0.29, 0.717) is 12.4 Å². The van der Waals surface area contributed by atoms with Crippen LogP contribution in [0.3, 0.4) is 0 Å². The van der Waals surface area contributed by atoms with Crippen LogP contribution in [-0.2, 0) is 4.74 Å². The van der Waals surface area contributed by atoms with E-state index in [1.54, 1.807) is 12.3 Å². The Morgan fingerprint density at radius 2 is 1.82 bits per heavy atom. The molecule has 1 aromatic carbocycles. The highest BCUT2D eigenvalue weighted by Crippen LogP contribution is 2.25. The van der Waals surface area contributed by atoms with E-state index in [4.69, 9.17) is 4.74 Å². The summed E-state index contributed by atoms with van der Waals surface area (Å²) in [6, 6.07) is 13.4. The van der Waals surface area contributed by atoms with E-state index >= 15 is 0 Å². The number of carbonyl (C=O) groups excluding carboxylic acids is 1. The van der Waals surface area contributed by atoms with Gasteiger partial charge in [-0.2, -0.15) is 0 Å². The van der Waals surface area contributed by atoms with Gasteiger partial charge in [-0.25, -0.2) is 9.78 Å². The Labute approximate surface area is 129 Å². The zero-order valence-electron chi connectivity index (χ0n) is 12.5. The highest BCUT2D eigenvalue weighted by molar-refractivity contribution is 5.89. The van der Waals surface area contributed by atoms with Crippen LogP contribution in [-0.4, -0.2) is 23.2 Å². The number of carbonyl (C=O) groups is 1. The first-order valence-electron chi connectivity index (χ1n) is 7.07. The van der Waals surface area contributed by atoms with Crippen LogP contribution in [0.25, 0.3) is 0 Å². The highest BCUT2D eigenvalue weighted by atomic mass is 16.6. The summed E-state index contributed by atoms with van der Waals surface area (Å²) >= 11 is 0. The molecule has 0 atom stereocenters. The fraction of sp³-hybridized carbons (Fsp3) is 0.222. The number of cyclic esters (lactones) is 1. The minimum absolute atomic E-state index is 0.361. The van der Waals surface area contributed by atoms with Gasteiger partial charge in [-0.1, -0.05) is 30.0 Å². The molecule has 0 radical (unpaired) electrons. The SMILES string of the molecule is CC1(C)CN(c2ccc(C#Cc3ccccc3)cn2)C(=O)O1. The molecule has 3 rings (SSSR count). The summed E-state index contributed by atoms with van der Waals surface area (Å²) in [6.07, 6.45) is 1.31. The molecule has 22 heavy (non-hydrogen) atoms. The standard InChI is InChI=1S/C18H16N2O2/c1-18(2)13-20(17(21)22-18)16-11-10-15(12-19-16)9-8-14-6-4-3-5-7-14/h3-7,10-12H,13H2,1-2H3. The molecule has 2 aromatic rings. The van der Waals surface area contributed by atoms with E-state index in [1.165, 1.54) is 4.90 Å². The average molecular weight is 292 g/mol. The summed E-state index contributed by atoms with van der Waals surface area (Å²) in [7, 11) is 0. The highest BCUT2D eigenvalue weighted by Gasteiger charge is 2.38. The first-order chi connectivity index (χ1) is 10.5. The van der Waals surface area contributed by atoms with Crippen LogP contribution in [0.1, 0.15) is 25.0 Å². The van der Waals surface area contributed by atoms with Crippen molar-refractivity contribution in [3.63, 3.8) is 0 Å². The minimum atomic E-state index is -0.482. The number of ether oxygens (including phenoxy) is 1. The second-order valence-electron chi connectivity index (χ2n) is 5.73. The van der Waals surface area contributed by atoms with Gasteiger partial charge in [-0.05, 0) is 38.1 Å². The Morgan fingerprint density at radius 3 is 2.41 bits per heavy atom. The Kier molecular flexibility index (Phi) is 3.56. The van der Waals surface area contributed by atoms with Crippen LogP contribution >= 0.6 is 0 Å². The molecular weight excluding hydrogens is 276 g/mol. The zero-order valence-corrected chi connectivity index (χ0v) is 12.5. The third-order valence-corrected chi connectivity index (χ3v) is 3.27. The van der Waals surface area contributed by atoms with E-state index < -0.39 is 5.60 Å². The van der Waals surface area contributed by atoms with Gasteiger partial charge in [-0.15, -0.1) is 0 Å². The quantitative estimate of drug-likeness (QED) is 0.758. The lowest BCUT2D eigenvalue weighted by molar-refractivity contribution is 0.0871. The van der Waals surface area contributed by atoms with E-state index in [9.17, 15) is 4.79 Å². The van der Waals surface area contributed by atoms with Crippen LogP contribution in [0, 0.1) is 11.8 Å². The number of pyridine rings is 1. The lowest BCUT2D eigenvalue weighted by Gasteiger charge is -2.14. The summed E-state index contributed by atoms with van der Waals surface area (Å²) in [5, 5.41) is 0. The molecule has 0 N–H and O–H groups in total. The van der Waals surface area contributed by atoms with Gasteiger partial charge in [0.25, 0.3) is 0 Å². The van der Waals surface area contributed by atoms with Crippen molar-refractivity contribution in [1.82, 2.24) is 4.98 Å². The van der Waals surface area contributed by atoms with Crippen LogP contribution in [0.15, 0.2) is 48.7 Å². The molecule has 0 bridgehead atoms. The van der Waals surface area contributed by atoms with Gasteiger partial charge in [0.1, 0.15) is 11.4 Å². The number of hydrogen-bond acceptors (Lipinski definition) is 3. The second kappa shape index (κ2) is 5.53. The first-order valence-corrected chi connectivity index (χ1v) is 7.07. The summed E-state index contributed by atoms with van der Waals surface area (Å²) < 4.78 is 5.27. The molecule has 1 aromatic heterocycles. The molecule has 1 fully saturated rings. The molecule has 110 valence electrons. The van der Waals surface area contributed by atoms with Crippen molar-refractivity contribution < 1.29 is 9.53 Å². The van der Waals surface area contributed by atoms with Gasteiger partial charge < -0.3 is 4.74 Å². The molecule has 2 heterocycles. The molecule has 0 unspecified atom stereocenters. The van der Waals surface area contributed by atoms with E-state index in [1.807, 2.05) is 50.2 Å². The minimum Gasteiger partial charge on any atom is -0.441 e. The van der Waals surface area contributed by atoms with Crippen molar-refractivity contribution >= 4 is 11.9 Å². The van der Waals surface area contributed by atoms with E-state index in [0.717, 1.165) is 11.1 Å². The molecule has 1 saturated heterocycles. The topological polar surface area (TPSA) is 42.4 Å². The number of aromatic nitrogens is 1. The predicted octanol–water partition coefficient (Wildman–Crippen LogP) is 3.22. The summed E-state index contributed by atoms with van der Waals surface area (Å²) in [5.74, 6) is 6.72. The van der Waals surface area contributed by atoms with E-state index in [2.05, 4.69) is 16.8 Å². The van der Waals surface area contributed by atoms with Gasteiger partial charge in [0, 0.05) is 17.3 Å². The maximum Gasteiger partial charge on any atom is 0.416 e. The number of hydrogen-bond donors (Lipinski definition) is 0. The summed E-state index contributed by atoms with van der Waals surface area (Å²) in [4.78, 5) is 17.7. The van der Waals surface area contributed by atoms with Crippen LogP contribution in [0.5, 0.6) is 0 Å². The molecule has 4 nitrogen and oxygen atoms in total. The van der Waals surface area contributed by atoms with Crippen molar-refractivity contribution in [1.29, 1.82) is 0 Å². The molecule has 1 aliphatic rings. The molecule has 0 aliphatic carbocycles. The first kappa shape index (κ1) is 14.2. The Morgan fingerprint density at radius 1 is 1.09 bits per heavy atom. The maximum absolute atomic E-state index is 11.8. The van der Waals surface area contributed by atoms with Gasteiger partial charge >= 0.3 is 6.09 Å². The Balaban J connectivity index is 1.77. The second-order valence-corrected chi connectivity index (χ2v) is 5.73. The van der Waals surface area contributed by atoms with Crippen LogP contribution in [0.2, 0.25) is 0 Å².